The van der Waals surface area contributed by atoms with Gasteiger partial charge in [-0.1, -0.05) is 103 Å². The largest absolute Gasteiger partial charge is 0.456 e. The number of hydrogen-bond acceptors (Lipinski definition) is 4. The molecule has 0 spiro atoms. The average molecular weight is 655 g/mol. The maximum absolute atomic E-state index is 6.28. The summed E-state index contributed by atoms with van der Waals surface area (Å²) in [4.78, 5) is 7.22. The SMILES string of the molecule is c1ccc(-c2nc3c(ccc4oc5ccc(-c6ccc(N(c7ccccc7)c7ccc(-c8ccc9ccccc9c8)cc7)cc6)cc5c43)o2)cc1. The maximum Gasteiger partial charge on any atom is 0.227 e. The van der Waals surface area contributed by atoms with Crippen LogP contribution in [0.25, 0.3) is 77.5 Å². The molecule has 0 aliphatic rings. The average Bonchev–Trinajstić information content (AvgIpc) is 3.81. The molecule has 10 rings (SSSR count). The molecule has 0 unspecified atom stereocenters. The van der Waals surface area contributed by atoms with Crippen LogP contribution >= 0.6 is 0 Å². The van der Waals surface area contributed by atoms with Crippen LogP contribution in [0.15, 0.2) is 191 Å². The zero-order valence-corrected chi connectivity index (χ0v) is 27.5. The third-order valence-electron chi connectivity index (χ3n) is 9.69. The fourth-order valence-electron chi connectivity index (χ4n) is 7.14. The highest BCUT2D eigenvalue weighted by Gasteiger charge is 2.18. The lowest BCUT2D eigenvalue weighted by atomic mass is 10.0. The van der Waals surface area contributed by atoms with E-state index in [1.165, 1.54) is 21.9 Å². The minimum absolute atomic E-state index is 0.602. The Kier molecular flexibility index (Phi) is 6.78. The third kappa shape index (κ3) is 5.13. The number of anilines is 3. The van der Waals surface area contributed by atoms with Gasteiger partial charge in [0.1, 0.15) is 16.7 Å². The Balaban J connectivity index is 1.01. The van der Waals surface area contributed by atoms with Crippen molar-refractivity contribution in [2.24, 2.45) is 0 Å². The molecule has 0 saturated heterocycles. The Hall–Kier alpha value is -6.91. The number of hydrogen-bond donors (Lipinski definition) is 0. The van der Waals surface area contributed by atoms with Gasteiger partial charge in [-0.2, -0.15) is 0 Å². The number of oxazole rings is 1. The van der Waals surface area contributed by atoms with Crippen molar-refractivity contribution >= 4 is 60.9 Å². The van der Waals surface area contributed by atoms with Crippen LogP contribution in [0.3, 0.4) is 0 Å². The number of rotatable bonds is 6. The van der Waals surface area contributed by atoms with Crippen LogP contribution in [0.1, 0.15) is 0 Å². The van der Waals surface area contributed by atoms with Crippen LogP contribution in [0.5, 0.6) is 0 Å². The van der Waals surface area contributed by atoms with Crippen molar-refractivity contribution in [3.05, 3.63) is 182 Å². The number of fused-ring (bicyclic) bond motifs is 6. The predicted molar refractivity (Wildman–Crippen MR) is 210 cm³/mol. The number of benzene rings is 8. The lowest BCUT2D eigenvalue weighted by Crippen LogP contribution is -2.09. The lowest BCUT2D eigenvalue weighted by molar-refractivity contribution is 0.619. The Labute approximate surface area is 294 Å². The van der Waals surface area contributed by atoms with Gasteiger partial charge in [0.05, 0.1) is 5.39 Å². The second-order valence-electron chi connectivity index (χ2n) is 12.8. The molecule has 240 valence electrons. The lowest BCUT2D eigenvalue weighted by Gasteiger charge is -2.26. The van der Waals surface area contributed by atoms with Crippen LogP contribution < -0.4 is 4.90 Å². The van der Waals surface area contributed by atoms with Gasteiger partial charge in [-0.05, 0) is 112 Å². The molecule has 10 aromatic rings. The Morgan fingerprint density at radius 3 is 1.65 bits per heavy atom. The summed E-state index contributed by atoms with van der Waals surface area (Å²) in [6, 6.07) is 63.6. The standard InChI is InChI=1S/C47H30N2O2/c1-3-10-34(11-4-1)47-48-46-44(51-47)28-27-43-45(46)41-30-37(21-26-42(41)50-43)33-19-24-40(25-20-33)49(38-13-5-2-6-14-38)39-22-17-32(18-23-39)36-16-15-31-9-7-8-12-35(31)29-36/h1-30H. The fourth-order valence-corrected chi connectivity index (χ4v) is 7.14. The quantitative estimate of drug-likeness (QED) is 0.179. The van der Waals surface area contributed by atoms with E-state index in [1.807, 2.05) is 42.5 Å². The molecule has 0 bridgehead atoms. The van der Waals surface area contributed by atoms with Crippen LogP contribution in [0.2, 0.25) is 0 Å². The zero-order valence-electron chi connectivity index (χ0n) is 27.5. The van der Waals surface area contributed by atoms with E-state index in [9.17, 15) is 0 Å². The normalized spacial score (nSPS) is 11.5. The summed E-state index contributed by atoms with van der Waals surface area (Å²) < 4.78 is 12.5. The first-order valence-electron chi connectivity index (χ1n) is 17.1. The molecule has 0 N–H and O–H groups in total. The highest BCUT2D eigenvalue weighted by molar-refractivity contribution is 6.17. The molecular formula is C47H30N2O2. The highest BCUT2D eigenvalue weighted by Crippen LogP contribution is 2.40. The topological polar surface area (TPSA) is 42.4 Å². The van der Waals surface area contributed by atoms with Crippen LogP contribution in [0, 0.1) is 0 Å². The molecule has 8 aromatic carbocycles. The van der Waals surface area contributed by atoms with Gasteiger partial charge in [0.15, 0.2) is 5.58 Å². The summed E-state index contributed by atoms with van der Waals surface area (Å²) in [5.74, 6) is 0.602. The van der Waals surface area contributed by atoms with Crippen LogP contribution in [-0.2, 0) is 0 Å². The molecule has 0 amide bonds. The molecular weight excluding hydrogens is 625 g/mol. The van der Waals surface area contributed by atoms with Crippen molar-refractivity contribution in [3.63, 3.8) is 0 Å². The molecule has 0 fully saturated rings. The third-order valence-corrected chi connectivity index (χ3v) is 9.69. The second kappa shape index (κ2) is 11.9. The first kappa shape index (κ1) is 29.0. The number of nitrogens with zero attached hydrogens (tertiary/aromatic N) is 2. The molecule has 4 heteroatoms. The Morgan fingerprint density at radius 1 is 0.373 bits per heavy atom. The monoisotopic (exact) mass is 654 g/mol. The van der Waals surface area contributed by atoms with Crippen LogP contribution in [0.4, 0.5) is 17.1 Å². The molecule has 51 heavy (non-hydrogen) atoms. The molecule has 2 heterocycles. The van der Waals surface area contributed by atoms with Gasteiger partial charge in [-0.3, -0.25) is 0 Å². The van der Waals surface area contributed by atoms with E-state index < -0.39 is 0 Å². The Morgan fingerprint density at radius 2 is 0.922 bits per heavy atom. The molecule has 2 aromatic heterocycles. The molecule has 0 aliphatic carbocycles. The number of aromatic nitrogens is 1. The van der Waals surface area contributed by atoms with Crippen molar-refractivity contribution in [1.29, 1.82) is 0 Å². The van der Waals surface area contributed by atoms with Crippen molar-refractivity contribution < 1.29 is 8.83 Å². The minimum Gasteiger partial charge on any atom is -0.456 e. The smallest absolute Gasteiger partial charge is 0.227 e. The van der Waals surface area contributed by atoms with Gasteiger partial charge in [-0.25, -0.2) is 4.98 Å². The van der Waals surface area contributed by atoms with Gasteiger partial charge >= 0.3 is 0 Å². The first-order valence-corrected chi connectivity index (χ1v) is 17.1. The summed E-state index contributed by atoms with van der Waals surface area (Å²) in [6.45, 7) is 0. The number of para-hydroxylation sites is 1. The van der Waals surface area contributed by atoms with Gasteiger partial charge in [-0.15, -0.1) is 0 Å². The summed E-state index contributed by atoms with van der Waals surface area (Å²) in [5.41, 5.74) is 12.0. The zero-order chi connectivity index (χ0) is 33.7. The van der Waals surface area contributed by atoms with E-state index in [-0.39, 0.29) is 0 Å². The van der Waals surface area contributed by atoms with Gasteiger partial charge in [0, 0.05) is 28.0 Å². The first-order chi connectivity index (χ1) is 25.2. The van der Waals surface area contributed by atoms with Crippen molar-refractivity contribution in [2.75, 3.05) is 4.90 Å². The van der Waals surface area contributed by atoms with Gasteiger partial charge < -0.3 is 13.7 Å². The van der Waals surface area contributed by atoms with Crippen LogP contribution in [-0.4, -0.2) is 4.98 Å². The summed E-state index contributed by atoms with van der Waals surface area (Å²) >= 11 is 0. The van der Waals surface area contributed by atoms with E-state index in [0.29, 0.717) is 5.89 Å². The fraction of sp³-hybridized carbons (Fsp3) is 0. The predicted octanol–water partition coefficient (Wildman–Crippen LogP) is 13.4. The summed E-state index contributed by atoms with van der Waals surface area (Å²) in [7, 11) is 0. The summed E-state index contributed by atoms with van der Waals surface area (Å²) in [5, 5.41) is 4.48. The Bertz CT molecular complexity index is 2840. The van der Waals surface area contributed by atoms with Crippen molar-refractivity contribution in [2.45, 2.75) is 0 Å². The minimum atomic E-state index is 0.602. The van der Waals surface area contributed by atoms with E-state index in [4.69, 9.17) is 13.8 Å². The molecule has 0 saturated carbocycles. The molecule has 0 radical (unpaired) electrons. The molecule has 4 nitrogen and oxygen atoms in total. The van der Waals surface area contributed by atoms with Gasteiger partial charge in [0.25, 0.3) is 0 Å². The van der Waals surface area contributed by atoms with E-state index in [1.54, 1.807) is 0 Å². The van der Waals surface area contributed by atoms with Crippen molar-refractivity contribution in [3.8, 4) is 33.7 Å². The van der Waals surface area contributed by atoms with Gasteiger partial charge in [0.2, 0.25) is 5.89 Å². The van der Waals surface area contributed by atoms with E-state index >= 15 is 0 Å². The number of furan rings is 1. The van der Waals surface area contributed by atoms with E-state index in [2.05, 4.69) is 144 Å². The summed E-state index contributed by atoms with van der Waals surface area (Å²) in [6.07, 6.45) is 0. The van der Waals surface area contributed by atoms with E-state index in [0.717, 1.165) is 66.8 Å². The van der Waals surface area contributed by atoms with Crippen molar-refractivity contribution in [1.82, 2.24) is 4.98 Å². The second-order valence-corrected chi connectivity index (χ2v) is 12.8. The molecule has 0 aliphatic heterocycles. The molecule has 0 atom stereocenters. The maximum atomic E-state index is 6.28. The highest BCUT2D eigenvalue weighted by atomic mass is 16.4.